The lowest BCUT2D eigenvalue weighted by Gasteiger charge is -2.36. The van der Waals surface area contributed by atoms with Crippen molar-refractivity contribution in [3.63, 3.8) is 0 Å². The van der Waals surface area contributed by atoms with Crippen LogP contribution >= 0.6 is 11.3 Å². The van der Waals surface area contributed by atoms with Crippen LogP contribution in [0.3, 0.4) is 0 Å². The molecule has 1 saturated heterocycles. The Labute approximate surface area is 207 Å². The van der Waals surface area contributed by atoms with E-state index in [0.717, 1.165) is 66.0 Å². The smallest absolute Gasteiger partial charge is 0.328 e. The molecular formula is C26H29FN4O3S. The lowest BCUT2D eigenvalue weighted by Crippen LogP contribution is -2.47. The van der Waals surface area contributed by atoms with Crippen molar-refractivity contribution in [2.45, 2.75) is 19.3 Å². The van der Waals surface area contributed by atoms with Crippen molar-refractivity contribution in [2.75, 3.05) is 55.7 Å². The Kier molecular flexibility index (Phi) is 6.99. The number of piperazine rings is 1. The fourth-order valence-electron chi connectivity index (χ4n) is 4.92. The van der Waals surface area contributed by atoms with E-state index in [1.807, 2.05) is 17.5 Å². The summed E-state index contributed by atoms with van der Waals surface area (Å²) in [5.74, 6) is -0.416. The number of nitrogens with zero attached hydrogens (tertiary/aromatic N) is 3. The van der Waals surface area contributed by atoms with Crippen molar-refractivity contribution in [2.24, 2.45) is 0 Å². The Morgan fingerprint density at radius 1 is 1.06 bits per heavy atom. The molecule has 2 N–H and O–H groups in total. The first-order chi connectivity index (χ1) is 17.0. The zero-order valence-corrected chi connectivity index (χ0v) is 20.3. The van der Waals surface area contributed by atoms with E-state index in [2.05, 4.69) is 27.2 Å². The van der Waals surface area contributed by atoms with E-state index in [0.29, 0.717) is 18.5 Å². The Hall–Kier alpha value is -3.01. The summed E-state index contributed by atoms with van der Waals surface area (Å²) >= 11 is 1.56. The van der Waals surface area contributed by atoms with Crippen LogP contribution in [-0.2, 0) is 17.6 Å². The summed E-state index contributed by atoms with van der Waals surface area (Å²) in [4.78, 5) is 30.9. The second-order valence-electron chi connectivity index (χ2n) is 8.98. The fraction of sp³-hybridized carbons (Fsp3) is 0.385. The van der Waals surface area contributed by atoms with Gasteiger partial charge in [0, 0.05) is 61.5 Å². The number of aliphatic hydroxyl groups excluding tert-OH is 1. The van der Waals surface area contributed by atoms with Crippen LogP contribution in [0.2, 0.25) is 0 Å². The number of halogens is 1. The number of hydrogen-bond acceptors (Lipinski definition) is 6. The van der Waals surface area contributed by atoms with E-state index < -0.39 is 6.03 Å². The number of carbonyl (C=O) groups is 2. The van der Waals surface area contributed by atoms with Gasteiger partial charge in [-0.25, -0.2) is 14.1 Å². The maximum absolute atomic E-state index is 14.1. The standard InChI is InChI=1S/C26H29FN4O3S/c27-20-16-23(21-6-14-35-24(21)17-20)30-11-9-29(10-12-30)8-5-18-1-2-19-3-4-25(33)31(22(19)15-18)26(34)28-7-13-32/h1-2,6,14-17,32H,3-5,7-13H2,(H,28,34). The van der Waals surface area contributed by atoms with E-state index in [-0.39, 0.29) is 24.9 Å². The maximum Gasteiger partial charge on any atom is 0.328 e. The molecule has 2 aliphatic heterocycles. The van der Waals surface area contributed by atoms with Gasteiger partial charge in [0.1, 0.15) is 5.82 Å². The fourth-order valence-corrected chi connectivity index (χ4v) is 5.75. The van der Waals surface area contributed by atoms with Crippen molar-refractivity contribution >= 4 is 44.7 Å². The van der Waals surface area contributed by atoms with Gasteiger partial charge in [0.2, 0.25) is 5.91 Å². The van der Waals surface area contributed by atoms with Gasteiger partial charge in [0.25, 0.3) is 0 Å². The molecule has 5 rings (SSSR count). The number of anilines is 2. The Morgan fingerprint density at radius 3 is 2.69 bits per heavy atom. The zero-order chi connectivity index (χ0) is 24.4. The molecular weight excluding hydrogens is 467 g/mol. The van der Waals surface area contributed by atoms with Crippen LogP contribution in [0.25, 0.3) is 10.1 Å². The van der Waals surface area contributed by atoms with Crippen molar-refractivity contribution in [3.8, 4) is 0 Å². The van der Waals surface area contributed by atoms with Gasteiger partial charge in [-0.3, -0.25) is 9.69 Å². The first-order valence-electron chi connectivity index (χ1n) is 12.0. The molecule has 7 nitrogen and oxygen atoms in total. The van der Waals surface area contributed by atoms with Gasteiger partial charge < -0.3 is 15.3 Å². The van der Waals surface area contributed by atoms with Crippen LogP contribution in [0.5, 0.6) is 0 Å². The van der Waals surface area contributed by atoms with Crippen molar-refractivity contribution in [3.05, 3.63) is 58.7 Å². The Bertz CT molecular complexity index is 1240. The number of hydrogen-bond donors (Lipinski definition) is 2. The third-order valence-corrected chi connectivity index (χ3v) is 7.65. The molecule has 0 spiro atoms. The number of imide groups is 1. The summed E-state index contributed by atoms with van der Waals surface area (Å²) in [6.07, 6.45) is 1.73. The molecule has 9 heteroatoms. The molecule has 0 bridgehead atoms. The number of fused-ring (bicyclic) bond motifs is 2. The lowest BCUT2D eigenvalue weighted by atomic mass is 9.98. The highest BCUT2D eigenvalue weighted by Crippen LogP contribution is 2.33. The Morgan fingerprint density at radius 2 is 1.89 bits per heavy atom. The predicted octanol–water partition coefficient (Wildman–Crippen LogP) is 3.39. The predicted molar refractivity (Wildman–Crippen MR) is 137 cm³/mol. The molecule has 0 saturated carbocycles. The number of nitrogens with one attached hydrogen (secondary N) is 1. The average molecular weight is 497 g/mol. The topological polar surface area (TPSA) is 76.1 Å². The highest BCUT2D eigenvalue weighted by atomic mass is 32.1. The average Bonchev–Trinajstić information content (AvgIpc) is 3.34. The minimum absolute atomic E-state index is 0.108. The van der Waals surface area contributed by atoms with Crippen LogP contribution in [-0.4, -0.2) is 67.8 Å². The second kappa shape index (κ2) is 10.3. The van der Waals surface area contributed by atoms with Crippen LogP contribution in [0.4, 0.5) is 20.6 Å². The van der Waals surface area contributed by atoms with Crippen LogP contribution in [0.15, 0.2) is 41.8 Å². The quantitative estimate of drug-likeness (QED) is 0.547. The second-order valence-corrected chi connectivity index (χ2v) is 9.93. The summed E-state index contributed by atoms with van der Waals surface area (Å²) < 4.78 is 15.1. The first kappa shape index (κ1) is 23.7. The molecule has 35 heavy (non-hydrogen) atoms. The molecule has 3 aromatic rings. The van der Waals surface area contributed by atoms with Gasteiger partial charge in [0.05, 0.1) is 12.3 Å². The summed E-state index contributed by atoms with van der Waals surface area (Å²) in [6.45, 7) is 4.26. The van der Waals surface area contributed by atoms with Gasteiger partial charge in [-0.05, 0) is 53.6 Å². The van der Waals surface area contributed by atoms with Crippen LogP contribution in [0.1, 0.15) is 17.5 Å². The zero-order valence-electron chi connectivity index (χ0n) is 19.5. The largest absolute Gasteiger partial charge is 0.395 e. The van der Waals surface area contributed by atoms with Crippen LogP contribution < -0.4 is 15.1 Å². The Balaban J connectivity index is 1.22. The normalized spacial score (nSPS) is 16.6. The number of urea groups is 1. The summed E-state index contributed by atoms with van der Waals surface area (Å²) in [7, 11) is 0. The minimum Gasteiger partial charge on any atom is -0.395 e. The maximum atomic E-state index is 14.1. The van der Waals surface area contributed by atoms with Crippen molar-refractivity contribution < 1.29 is 19.1 Å². The summed E-state index contributed by atoms with van der Waals surface area (Å²) in [5, 5.41) is 14.7. The van der Waals surface area contributed by atoms with Gasteiger partial charge in [-0.15, -0.1) is 11.3 Å². The third-order valence-electron chi connectivity index (χ3n) is 6.78. The molecule has 0 unspecified atom stereocenters. The number of carbonyl (C=O) groups excluding carboxylic acids is 2. The number of amides is 3. The molecule has 1 aromatic heterocycles. The minimum atomic E-state index is -0.490. The highest BCUT2D eigenvalue weighted by molar-refractivity contribution is 7.17. The first-order valence-corrected chi connectivity index (χ1v) is 12.9. The molecule has 2 aliphatic rings. The highest BCUT2D eigenvalue weighted by Gasteiger charge is 2.29. The number of aryl methyl sites for hydroxylation is 1. The molecule has 0 aliphatic carbocycles. The molecule has 3 heterocycles. The van der Waals surface area contributed by atoms with Crippen molar-refractivity contribution in [1.29, 1.82) is 0 Å². The molecule has 1 fully saturated rings. The van der Waals surface area contributed by atoms with E-state index in [4.69, 9.17) is 5.11 Å². The lowest BCUT2D eigenvalue weighted by molar-refractivity contribution is -0.118. The molecule has 184 valence electrons. The molecule has 2 aromatic carbocycles. The third kappa shape index (κ3) is 5.03. The SMILES string of the molecule is O=C1CCc2ccc(CCN3CCN(c4cc(F)cc5sccc45)CC3)cc2N1C(=O)NCCO. The van der Waals surface area contributed by atoms with E-state index in [1.165, 1.54) is 4.90 Å². The number of thiophene rings is 1. The van der Waals surface area contributed by atoms with Crippen molar-refractivity contribution in [1.82, 2.24) is 10.2 Å². The molecule has 0 atom stereocenters. The van der Waals surface area contributed by atoms with Gasteiger partial charge in [-0.1, -0.05) is 12.1 Å². The summed E-state index contributed by atoms with van der Waals surface area (Å²) in [5.41, 5.74) is 3.67. The molecule has 0 radical (unpaired) electrons. The summed E-state index contributed by atoms with van der Waals surface area (Å²) in [6, 6.07) is 10.9. The van der Waals surface area contributed by atoms with E-state index in [9.17, 15) is 14.0 Å². The monoisotopic (exact) mass is 496 g/mol. The van der Waals surface area contributed by atoms with E-state index >= 15 is 0 Å². The van der Waals surface area contributed by atoms with Gasteiger partial charge >= 0.3 is 6.03 Å². The number of aliphatic hydroxyl groups is 1. The number of rotatable bonds is 6. The van der Waals surface area contributed by atoms with Gasteiger partial charge in [-0.2, -0.15) is 0 Å². The molecule has 3 amide bonds. The van der Waals surface area contributed by atoms with Crippen LogP contribution in [0, 0.1) is 5.82 Å². The number of benzene rings is 2. The van der Waals surface area contributed by atoms with Gasteiger partial charge in [0.15, 0.2) is 0 Å². The van der Waals surface area contributed by atoms with E-state index in [1.54, 1.807) is 23.5 Å².